The van der Waals surface area contributed by atoms with Gasteiger partial charge >= 0.3 is 0 Å². The van der Waals surface area contributed by atoms with Gasteiger partial charge in [-0.05, 0) is 12.5 Å². The summed E-state index contributed by atoms with van der Waals surface area (Å²) in [4.78, 5) is 8.36. The van der Waals surface area contributed by atoms with E-state index in [2.05, 4.69) is 0 Å². The number of carboxylic acid groups (broad SMARTS) is 1. The van der Waals surface area contributed by atoms with Gasteiger partial charge in [0.25, 0.3) is 16.6 Å². The van der Waals surface area contributed by atoms with Gasteiger partial charge in [0.15, 0.2) is 0 Å². The van der Waals surface area contributed by atoms with Crippen molar-refractivity contribution in [2.75, 3.05) is 0 Å². The molecule has 0 heterocycles. The largest absolute Gasteiger partial charge is 0.483 e. The van der Waals surface area contributed by atoms with Crippen LogP contribution in [0.4, 0.5) is 0 Å². The molecule has 0 spiro atoms. The van der Waals surface area contributed by atoms with E-state index in [1.807, 2.05) is 0 Å². The van der Waals surface area contributed by atoms with Gasteiger partial charge in [-0.15, -0.1) is 0 Å². The highest BCUT2D eigenvalue weighted by atomic mass is 32.2. The summed E-state index contributed by atoms with van der Waals surface area (Å²) in [6.07, 6.45) is 0. The highest BCUT2D eigenvalue weighted by Gasteiger charge is 2.28. The molecule has 0 radical (unpaired) electrons. The molecular formula is C10H15NO5S. The molecule has 1 aromatic carbocycles. The predicted octanol–water partition coefficient (Wildman–Crippen LogP) is 0.664. The second-order valence-corrected chi connectivity index (χ2v) is 4.85. The van der Waals surface area contributed by atoms with E-state index in [-0.39, 0.29) is 6.47 Å². The molecule has 0 aromatic heterocycles. The van der Waals surface area contributed by atoms with E-state index in [9.17, 15) is 8.42 Å². The number of rotatable bonds is 3. The number of nitrogens with two attached hydrogens (primary N) is 1. The Hall–Kier alpha value is -1.44. The Morgan fingerprint density at radius 3 is 2.00 bits per heavy atom. The van der Waals surface area contributed by atoms with Crippen molar-refractivity contribution in [3.05, 3.63) is 35.9 Å². The summed E-state index contributed by atoms with van der Waals surface area (Å²) in [5.41, 5.74) is 6.02. The molecule has 0 saturated heterocycles. The molecule has 2 unspecified atom stereocenters. The van der Waals surface area contributed by atoms with E-state index in [1.54, 1.807) is 37.3 Å². The second kappa shape index (κ2) is 7.00. The Labute approximate surface area is 99.8 Å². The van der Waals surface area contributed by atoms with E-state index < -0.39 is 21.4 Å². The molecular weight excluding hydrogens is 246 g/mol. The van der Waals surface area contributed by atoms with Gasteiger partial charge in [0, 0.05) is 6.04 Å². The minimum atomic E-state index is -4.14. The average Bonchev–Trinajstić information content (AvgIpc) is 2.17. The van der Waals surface area contributed by atoms with E-state index >= 15 is 0 Å². The van der Waals surface area contributed by atoms with Crippen molar-refractivity contribution in [2.45, 2.75) is 18.2 Å². The molecule has 0 aliphatic rings. The average molecular weight is 261 g/mol. The molecule has 0 fully saturated rings. The first-order chi connectivity index (χ1) is 7.84. The van der Waals surface area contributed by atoms with Crippen LogP contribution >= 0.6 is 0 Å². The maximum absolute atomic E-state index is 11.0. The minimum Gasteiger partial charge on any atom is -0.483 e. The summed E-state index contributed by atoms with van der Waals surface area (Å²) >= 11 is 0. The van der Waals surface area contributed by atoms with Crippen LogP contribution in [0.3, 0.4) is 0 Å². The Balaban J connectivity index is 0.000000770. The number of benzene rings is 1. The number of hydrogen-bond donors (Lipinski definition) is 3. The zero-order chi connectivity index (χ0) is 13.5. The topological polar surface area (TPSA) is 118 Å². The second-order valence-electron chi connectivity index (χ2n) is 3.31. The van der Waals surface area contributed by atoms with Crippen LogP contribution in [0.15, 0.2) is 30.3 Å². The molecule has 96 valence electrons. The third kappa shape index (κ3) is 5.43. The first-order valence-corrected chi connectivity index (χ1v) is 6.19. The predicted molar refractivity (Wildman–Crippen MR) is 63.1 cm³/mol. The van der Waals surface area contributed by atoms with Gasteiger partial charge in [0.2, 0.25) is 0 Å². The van der Waals surface area contributed by atoms with Crippen molar-refractivity contribution in [3.63, 3.8) is 0 Å². The summed E-state index contributed by atoms with van der Waals surface area (Å²) < 4.78 is 31.1. The van der Waals surface area contributed by atoms with Gasteiger partial charge in [0.1, 0.15) is 5.25 Å². The zero-order valence-corrected chi connectivity index (χ0v) is 10.0. The van der Waals surface area contributed by atoms with E-state index in [0.29, 0.717) is 5.56 Å². The van der Waals surface area contributed by atoms with Gasteiger partial charge in [-0.25, -0.2) is 0 Å². The third-order valence-electron chi connectivity index (χ3n) is 1.93. The Bertz CT molecular complexity index is 429. The summed E-state index contributed by atoms with van der Waals surface area (Å²) in [6.45, 7) is 1.30. The van der Waals surface area contributed by atoms with Gasteiger partial charge in [-0.1, -0.05) is 30.3 Å². The van der Waals surface area contributed by atoms with Gasteiger partial charge < -0.3 is 10.8 Å². The number of carbonyl (C=O) groups is 1. The minimum absolute atomic E-state index is 0.250. The van der Waals surface area contributed by atoms with Crippen molar-refractivity contribution in [1.29, 1.82) is 0 Å². The molecule has 17 heavy (non-hydrogen) atoms. The first-order valence-electron chi connectivity index (χ1n) is 4.69. The van der Waals surface area contributed by atoms with Crippen molar-refractivity contribution in [3.8, 4) is 0 Å². The number of hydrogen-bond acceptors (Lipinski definition) is 4. The van der Waals surface area contributed by atoms with Crippen molar-refractivity contribution < 1.29 is 22.9 Å². The van der Waals surface area contributed by atoms with E-state index in [1.165, 1.54) is 0 Å². The van der Waals surface area contributed by atoms with Crippen LogP contribution < -0.4 is 5.73 Å². The maximum atomic E-state index is 11.0. The molecule has 0 aliphatic heterocycles. The van der Waals surface area contributed by atoms with Gasteiger partial charge in [-0.3, -0.25) is 9.35 Å². The Morgan fingerprint density at radius 2 is 1.71 bits per heavy atom. The molecule has 4 N–H and O–H groups in total. The molecule has 0 saturated carbocycles. The third-order valence-corrected chi connectivity index (χ3v) is 3.27. The van der Waals surface area contributed by atoms with Crippen LogP contribution in [0.25, 0.3) is 0 Å². The first kappa shape index (κ1) is 15.6. The van der Waals surface area contributed by atoms with E-state index in [4.69, 9.17) is 20.2 Å². The molecule has 7 heteroatoms. The molecule has 0 amide bonds. The Kier molecular flexibility index (Phi) is 6.40. The summed E-state index contributed by atoms with van der Waals surface area (Å²) in [6, 6.07) is 7.79. The zero-order valence-electron chi connectivity index (χ0n) is 9.22. The van der Waals surface area contributed by atoms with Crippen LogP contribution in [0, 0.1) is 0 Å². The smallest absolute Gasteiger partial charge is 0.290 e. The summed E-state index contributed by atoms with van der Waals surface area (Å²) in [5.74, 6) is 0. The maximum Gasteiger partial charge on any atom is 0.290 e. The monoisotopic (exact) mass is 261 g/mol. The van der Waals surface area contributed by atoms with E-state index in [0.717, 1.165) is 0 Å². The normalized spacial score (nSPS) is 14.1. The quantitative estimate of drug-likeness (QED) is 0.543. The lowest BCUT2D eigenvalue weighted by atomic mass is 10.1. The highest BCUT2D eigenvalue weighted by molar-refractivity contribution is 7.86. The van der Waals surface area contributed by atoms with Crippen LogP contribution in [-0.4, -0.2) is 30.6 Å². The molecule has 0 bridgehead atoms. The summed E-state index contributed by atoms with van der Waals surface area (Å²) in [5, 5.41) is 5.84. The molecule has 1 aromatic rings. The lowest BCUT2D eigenvalue weighted by Gasteiger charge is -2.17. The van der Waals surface area contributed by atoms with Crippen molar-refractivity contribution in [1.82, 2.24) is 0 Å². The van der Waals surface area contributed by atoms with Crippen molar-refractivity contribution in [2.24, 2.45) is 5.73 Å². The van der Waals surface area contributed by atoms with Crippen LogP contribution in [-0.2, 0) is 14.9 Å². The van der Waals surface area contributed by atoms with Gasteiger partial charge in [-0.2, -0.15) is 8.42 Å². The Morgan fingerprint density at radius 1 is 1.29 bits per heavy atom. The fourth-order valence-electron chi connectivity index (χ4n) is 1.39. The van der Waals surface area contributed by atoms with Crippen LogP contribution in [0.1, 0.15) is 17.7 Å². The van der Waals surface area contributed by atoms with Crippen LogP contribution in [0.2, 0.25) is 0 Å². The molecule has 0 aliphatic carbocycles. The molecule has 6 nitrogen and oxygen atoms in total. The highest BCUT2D eigenvalue weighted by Crippen LogP contribution is 2.23. The molecule has 1 rings (SSSR count). The van der Waals surface area contributed by atoms with Crippen molar-refractivity contribution >= 4 is 16.6 Å². The van der Waals surface area contributed by atoms with Gasteiger partial charge in [0.05, 0.1) is 0 Å². The van der Waals surface area contributed by atoms with Crippen LogP contribution in [0.5, 0.6) is 0 Å². The fraction of sp³-hybridized carbons (Fsp3) is 0.300. The lowest BCUT2D eigenvalue weighted by Crippen LogP contribution is -2.30. The summed E-state index contributed by atoms with van der Waals surface area (Å²) in [7, 11) is -4.14. The fourth-order valence-corrected chi connectivity index (χ4v) is 2.43. The molecule has 2 atom stereocenters. The SMILES string of the molecule is CC(N)C(c1ccccc1)S(=O)(=O)O.O=CO. The lowest BCUT2D eigenvalue weighted by molar-refractivity contribution is -0.122. The standard InChI is InChI=1S/C9H13NO3S.CH2O2/c1-7(10)9(14(11,12)13)8-5-3-2-4-6-8;2-1-3/h2-7,9H,10H2,1H3,(H,11,12,13);1H,(H,2,3).